The van der Waals surface area contributed by atoms with E-state index >= 15 is 0 Å². The van der Waals surface area contributed by atoms with Crippen molar-refractivity contribution in [1.82, 2.24) is 0 Å². The van der Waals surface area contributed by atoms with Crippen molar-refractivity contribution in [3.8, 4) is 0 Å². The molecule has 1 unspecified atom stereocenters. The van der Waals surface area contributed by atoms with E-state index in [9.17, 15) is 12.8 Å². The molecule has 0 radical (unpaired) electrons. The number of benzene rings is 2. The highest BCUT2D eigenvalue weighted by Gasteiger charge is 2.35. The van der Waals surface area contributed by atoms with Gasteiger partial charge in [0, 0.05) is 17.7 Å². The van der Waals surface area contributed by atoms with Gasteiger partial charge in [-0.05, 0) is 30.5 Å². The number of halogens is 1. The average Bonchev–Trinajstić information content (AvgIpc) is 3.01. The maximum absolute atomic E-state index is 13.1. The lowest BCUT2D eigenvalue weighted by Crippen LogP contribution is -2.11. The van der Waals surface area contributed by atoms with Gasteiger partial charge in [0.2, 0.25) is 9.84 Å². The Morgan fingerprint density at radius 3 is 2.42 bits per heavy atom. The molecule has 0 aliphatic carbocycles. The quantitative estimate of drug-likeness (QED) is 0.749. The molecule has 0 amide bonds. The summed E-state index contributed by atoms with van der Waals surface area (Å²) in [5, 5.41) is 0. The van der Waals surface area contributed by atoms with E-state index in [0.29, 0.717) is 17.9 Å². The molecule has 1 aliphatic heterocycles. The van der Waals surface area contributed by atoms with Crippen LogP contribution in [0.5, 0.6) is 0 Å². The number of rotatable bonds is 5. The van der Waals surface area contributed by atoms with Gasteiger partial charge in [-0.25, -0.2) is 12.8 Å². The second-order valence-electron chi connectivity index (χ2n) is 5.48. The number of hydrogen-bond donors (Lipinski definition) is 0. The fourth-order valence-electron chi connectivity index (χ4n) is 2.66. The van der Waals surface area contributed by atoms with Gasteiger partial charge in [0.05, 0.1) is 9.80 Å². The number of thioether (sulfide) groups is 1. The molecule has 1 aliphatic rings. The van der Waals surface area contributed by atoms with E-state index in [1.165, 1.54) is 12.1 Å². The van der Waals surface area contributed by atoms with Gasteiger partial charge in [-0.1, -0.05) is 30.3 Å². The lowest BCUT2D eigenvalue weighted by Gasteiger charge is -2.11. The minimum atomic E-state index is -3.73. The molecule has 1 atom stereocenters. The molecule has 0 saturated heterocycles. The van der Waals surface area contributed by atoms with Gasteiger partial charge < -0.3 is 4.74 Å². The highest BCUT2D eigenvalue weighted by Crippen LogP contribution is 2.39. The standard InChI is InChI=1S/C18H17FO3S2/c1-23-12-15-11-17(18(22-15)13-5-3-2-4-6-13)24(20,21)16-9-7-14(19)8-10-16/h2-10,15H,11-12H2,1H3. The first-order chi connectivity index (χ1) is 11.5. The van der Waals surface area contributed by atoms with Crippen molar-refractivity contribution < 1.29 is 17.5 Å². The average molecular weight is 364 g/mol. The summed E-state index contributed by atoms with van der Waals surface area (Å²) in [7, 11) is -3.73. The summed E-state index contributed by atoms with van der Waals surface area (Å²) in [5.74, 6) is 0.645. The first kappa shape index (κ1) is 17.0. The molecule has 2 aromatic rings. The predicted molar refractivity (Wildman–Crippen MR) is 94.8 cm³/mol. The van der Waals surface area contributed by atoms with Crippen molar-refractivity contribution in [2.75, 3.05) is 12.0 Å². The summed E-state index contributed by atoms with van der Waals surface area (Å²) in [6, 6.07) is 14.1. The molecule has 24 heavy (non-hydrogen) atoms. The fraction of sp³-hybridized carbons (Fsp3) is 0.222. The smallest absolute Gasteiger partial charge is 0.206 e. The van der Waals surface area contributed by atoms with Crippen molar-refractivity contribution in [2.45, 2.75) is 17.4 Å². The van der Waals surface area contributed by atoms with Gasteiger partial charge in [0.25, 0.3) is 0 Å². The summed E-state index contributed by atoms with van der Waals surface area (Å²) in [4.78, 5) is 0.347. The van der Waals surface area contributed by atoms with E-state index in [1.54, 1.807) is 11.8 Å². The Labute approximate surface area is 145 Å². The summed E-state index contributed by atoms with van der Waals surface area (Å²) >= 11 is 1.61. The molecule has 2 aromatic carbocycles. The van der Waals surface area contributed by atoms with Crippen LogP contribution in [0.4, 0.5) is 4.39 Å². The Bertz CT molecular complexity index is 844. The highest BCUT2D eigenvalue weighted by molar-refractivity contribution is 7.98. The zero-order valence-corrected chi connectivity index (χ0v) is 14.7. The van der Waals surface area contributed by atoms with Gasteiger partial charge in [-0.2, -0.15) is 11.8 Å². The van der Waals surface area contributed by atoms with Crippen molar-refractivity contribution >= 4 is 27.4 Å². The molecule has 126 valence electrons. The monoisotopic (exact) mass is 364 g/mol. The molecule has 0 aromatic heterocycles. The van der Waals surface area contributed by atoms with E-state index in [1.807, 2.05) is 36.6 Å². The minimum Gasteiger partial charge on any atom is -0.488 e. The van der Waals surface area contributed by atoms with E-state index < -0.39 is 15.7 Å². The summed E-state index contributed by atoms with van der Waals surface area (Å²) in [5.41, 5.74) is 0.738. The van der Waals surface area contributed by atoms with Crippen molar-refractivity contribution in [2.24, 2.45) is 0 Å². The largest absolute Gasteiger partial charge is 0.488 e. The van der Waals surface area contributed by atoms with Gasteiger partial charge >= 0.3 is 0 Å². The third-order valence-corrected chi connectivity index (χ3v) is 6.39. The molecular weight excluding hydrogens is 347 g/mol. The first-order valence-corrected chi connectivity index (χ1v) is 10.3. The third-order valence-electron chi connectivity index (χ3n) is 3.79. The van der Waals surface area contributed by atoms with Crippen LogP contribution < -0.4 is 0 Å². The highest BCUT2D eigenvalue weighted by atomic mass is 32.2. The summed E-state index contributed by atoms with van der Waals surface area (Å²) in [6.07, 6.45) is 2.10. The molecule has 0 N–H and O–H groups in total. The second-order valence-corrected chi connectivity index (χ2v) is 8.36. The molecule has 0 spiro atoms. The van der Waals surface area contributed by atoms with E-state index in [4.69, 9.17) is 4.74 Å². The number of hydrogen-bond acceptors (Lipinski definition) is 4. The summed E-state index contributed by atoms with van der Waals surface area (Å²) in [6.45, 7) is 0. The molecule has 3 rings (SSSR count). The van der Waals surface area contributed by atoms with Gasteiger partial charge in [-0.3, -0.25) is 0 Å². The van der Waals surface area contributed by atoms with Crippen molar-refractivity contribution in [1.29, 1.82) is 0 Å². The van der Waals surface area contributed by atoms with Crippen LogP contribution in [0.25, 0.3) is 5.76 Å². The third kappa shape index (κ3) is 3.35. The molecule has 3 nitrogen and oxygen atoms in total. The Morgan fingerprint density at radius 1 is 1.12 bits per heavy atom. The number of sulfone groups is 1. The lowest BCUT2D eigenvalue weighted by atomic mass is 10.2. The van der Waals surface area contributed by atoms with E-state index in [0.717, 1.165) is 17.7 Å². The van der Waals surface area contributed by atoms with Crippen molar-refractivity contribution in [3.05, 3.63) is 70.9 Å². The van der Waals surface area contributed by atoms with Crippen molar-refractivity contribution in [3.63, 3.8) is 0 Å². The van der Waals surface area contributed by atoms with E-state index in [2.05, 4.69) is 0 Å². The summed E-state index contributed by atoms with van der Waals surface area (Å²) < 4.78 is 45.1. The number of ether oxygens (including phenoxy) is 1. The lowest BCUT2D eigenvalue weighted by molar-refractivity contribution is 0.215. The van der Waals surface area contributed by atoms with Crippen LogP contribution in [0.2, 0.25) is 0 Å². The van der Waals surface area contributed by atoms with Crippen LogP contribution in [0.1, 0.15) is 12.0 Å². The molecule has 6 heteroatoms. The fourth-order valence-corrected chi connectivity index (χ4v) is 4.81. The second kappa shape index (κ2) is 6.99. The molecule has 0 saturated carbocycles. The SMILES string of the molecule is CSCC1CC(S(=O)(=O)c2ccc(F)cc2)=C(c2ccccc2)O1. The van der Waals surface area contributed by atoms with Gasteiger partial charge in [-0.15, -0.1) is 0 Å². The van der Waals surface area contributed by atoms with E-state index in [-0.39, 0.29) is 15.9 Å². The van der Waals surface area contributed by atoms with Crippen LogP contribution in [0.15, 0.2) is 64.4 Å². The van der Waals surface area contributed by atoms with Crippen LogP contribution in [-0.2, 0) is 14.6 Å². The molecule has 0 bridgehead atoms. The Morgan fingerprint density at radius 2 is 1.79 bits per heavy atom. The van der Waals surface area contributed by atoms with Crippen LogP contribution in [0, 0.1) is 5.82 Å². The Kier molecular flexibility index (Phi) is 4.96. The molecule has 1 heterocycles. The molecular formula is C18H17FO3S2. The zero-order valence-electron chi connectivity index (χ0n) is 13.1. The Balaban J connectivity index is 2.07. The van der Waals surface area contributed by atoms with Crippen LogP contribution in [-0.4, -0.2) is 26.5 Å². The van der Waals surface area contributed by atoms with Crippen LogP contribution in [0.3, 0.4) is 0 Å². The van der Waals surface area contributed by atoms with Crippen LogP contribution >= 0.6 is 11.8 Å². The first-order valence-electron chi connectivity index (χ1n) is 7.47. The zero-order chi connectivity index (χ0) is 17.2. The topological polar surface area (TPSA) is 43.4 Å². The van der Waals surface area contributed by atoms with Gasteiger partial charge in [0.15, 0.2) is 0 Å². The van der Waals surface area contributed by atoms with Gasteiger partial charge in [0.1, 0.15) is 17.7 Å². The maximum atomic E-state index is 13.1. The maximum Gasteiger partial charge on any atom is 0.206 e. The Hall–Kier alpha value is -1.79. The normalized spacial score (nSPS) is 17.8. The molecule has 0 fully saturated rings. The minimum absolute atomic E-state index is 0.0840. The predicted octanol–water partition coefficient (Wildman–Crippen LogP) is 4.12.